The Hall–Kier alpha value is -3.09. The molecular weight excluding hydrogens is 1190 g/mol. The third-order valence-corrected chi connectivity index (χ3v) is 18.4. The van der Waals surface area contributed by atoms with E-state index in [2.05, 4.69) is 76.3 Å². The lowest BCUT2D eigenvalue weighted by Gasteiger charge is -2.26. The van der Waals surface area contributed by atoms with Gasteiger partial charge in [-0.15, -0.1) is 0 Å². The van der Waals surface area contributed by atoms with Crippen LogP contribution in [0.4, 0.5) is 0 Å². The first-order chi connectivity index (χ1) is 45.3. The molecule has 0 bridgehead atoms. The number of hydrogen-bond acceptors (Lipinski definition) is 12. The van der Waals surface area contributed by atoms with E-state index in [1.165, 1.54) is 154 Å². The minimum atomic E-state index is -4.48. The molecule has 0 aliphatic carbocycles. The number of ether oxygens (including phenoxy) is 4. The maximum Gasteiger partial charge on any atom is 0.475 e. The summed E-state index contributed by atoms with van der Waals surface area (Å²) in [5.41, 5.74) is 0. The summed E-state index contributed by atoms with van der Waals surface area (Å²) in [5, 5.41) is 0. The SMILES string of the molecule is CCCCC/C=C\C/C=C\CCCCCCCC(=O)O[C@H](COC(=O)CCCCCCCCCCCCCCC)COP(=O)(OCC[N+](C)(C)C)OC[C@@H](COC(=O)CCCCCCCCCCCCCCC)OC(=O)CCCCCCC/C=C\C/C=C\CCCCC. The number of esters is 4. The molecule has 0 unspecified atom stereocenters. The quantitative estimate of drug-likeness (QED) is 0.0142. The molecule has 0 amide bonds. The van der Waals surface area contributed by atoms with Crippen molar-refractivity contribution in [3.05, 3.63) is 48.6 Å². The summed E-state index contributed by atoms with van der Waals surface area (Å²) >= 11 is 0. The Kier molecular flexibility index (Phi) is 66.5. The maximum atomic E-state index is 14.7. The lowest BCUT2D eigenvalue weighted by molar-refractivity contribution is -0.870. The summed E-state index contributed by atoms with van der Waals surface area (Å²) in [6, 6.07) is 0. The predicted octanol–water partition coefficient (Wildman–Crippen LogP) is 23.4. The summed E-state index contributed by atoms with van der Waals surface area (Å²) in [4.78, 5) is 53.2. The fraction of sp³-hybridized carbons (Fsp3) is 0.848. The van der Waals surface area contributed by atoms with Gasteiger partial charge in [-0.2, -0.15) is 0 Å². The molecule has 0 aromatic rings. The number of quaternary nitrogens is 1. The number of carbonyl (C=O) groups is 4. The number of rotatable bonds is 72. The summed E-state index contributed by atoms with van der Waals surface area (Å²) in [7, 11) is 1.44. The van der Waals surface area contributed by atoms with Gasteiger partial charge in [0, 0.05) is 25.7 Å². The summed E-state index contributed by atoms with van der Waals surface area (Å²) in [5.74, 6) is -1.75. The van der Waals surface area contributed by atoms with Crippen molar-refractivity contribution in [1.82, 2.24) is 0 Å². The molecule has 0 fully saturated rings. The van der Waals surface area contributed by atoms with E-state index in [0.29, 0.717) is 36.7 Å². The molecule has 0 N–H and O–H groups in total. The van der Waals surface area contributed by atoms with Crippen LogP contribution in [0.2, 0.25) is 0 Å². The molecular formula is C79H147NO12P+. The lowest BCUT2D eigenvalue weighted by Crippen LogP contribution is -2.37. The van der Waals surface area contributed by atoms with Gasteiger partial charge in [0.2, 0.25) is 0 Å². The number of phosphoric ester groups is 1. The smallest absolute Gasteiger partial charge is 0.462 e. The summed E-state index contributed by atoms with van der Waals surface area (Å²) in [6.45, 7) is 7.89. The van der Waals surface area contributed by atoms with Gasteiger partial charge in [-0.05, 0) is 89.9 Å². The number of carbonyl (C=O) groups excluding carboxylic acids is 4. The largest absolute Gasteiger partial charge is 0.475 e. The first kappa shape index (κ1) is 89.9. The van der Waals surface area contributed by atoms with Gasteiger partial charge in [0.25, 0.3) is 0 Å². The normalized spacial score (nSPS) is 12.9. The molecule has 93 heavy (non-hydrogen) atoms. The van der Waals surface area contributed by atoms with E-state index >= 15 is 0 Å². The van der Waals surface area contributed by atoms with Crippen molar-refractivity contribution in [2.75, 3.05) is 60.7 Å². The number of hydrogen-bond donors (Lipinski definition) is 0. The van der Waals surface area contributed by atoms with Crippen molar-refractivity contribution < 1.29 is 60.7 Å². The molecule has 0 aliphatic heterocycles. The zero-order valence-electron chi connectivity index (χ0n) is 61.6. The molecule has 2 atom stereocenters. The van der Waals surface area contributed by atoms with E-state index in [-0.39, 0.29) is 45.5 Å². The first-order valence-corrected chi connectivity index (χ1v) is 40.4. The van der Waals surface area contributed by atoms with Crippen molar-refractivity contribution >= 4 is 31.7 Å². The minimum absolute atomic E-state index is 0.0163. The second-order valence-electron chi connectivity index (χ2n) is 27.4. The number of nitrogens with zero attached hydrogens (tertiary/aromatic N) is 1. The standard InChI is InChI=1S/C79H147NO12P/c1-8-12-16-20-24-28-32-36-38-42-46-50-54-58-62-66-78(83)91-74(70-86-76(81)64-60-56-52-48-44-40-34-30-26-22-18-14-10-3)72-89-93(85,88-69-68-80(5,6)7)90-73-75(71-87-77(82)65-61-57-53-49-45-41-35-31-27-23-19-15-11-4)92-79(84)67-63-59-55-51-47-43-39-37-33-29-25-21-17-13-9-2/h24-25,28-29,36-39,74-75H,8-23,26-27,30-35,40-73H2,1-7H3/q+1/b28-24-,29-25-,38-36-,39-37-/t74-,75-/m1/s1. The van der Waals surface area contributed by atoms with E-state index in [1.54, 1.807) is 0 Å². The number of likely N-dealkylation sites (N-methyl/N-ethyl adjacent to an activating group) is 1. The summed E-state index contributed by atoms with van der Waals surface area (Å²) in [6.07, 6.45) is 71.0. The Morgan fingerprint density at radius 3 is 0.849 bits per heavy atom. The Morgan fingerprint density at radius 1 is 0.312 bits per heavy atom. The molecule has 544 valence electrons. The minimum Gasteiger partial charge on any atom is -0.462 e. The van der Waals surface area contributed by atoms with Crippen molar-refractivity contribution in [3.63, 3.8) is 0 Å². The zero-order chi connectivity index (χ0) is 68.1. The number of allylic oxidation sites excluding steroid dienone is 8. The second kappa shape index (κ2) is 68.8. The lowest BCUT2D eigenvalue weighted by atomic mass is 10.0. The molecule has 0 radical (unpaired) electrons. The highest BCUT2D eigenvalue weighted by Gasteiger charge is 2.33. The van der Waals surface area contributed by atoms with Gasteiger partial charge >= 0.3 is 31.7 Å². The van der Waals surface area contributed by atoms with Crippen molar-refractivity contribution in [1.29, 1.82) is 0 Å². The highest BCUT2D eigenvalue weighted by Crippen LogP contribution is 2.50. The van der Waals surface area contributed by atoms with Crippen molar-refractivity contribution in [2.24, 2.45) is 0 Å². The van der Waals surface area contributed by atoms with Gasteiger partial charge in [0.1, 0.15) is 26.4 Å². The maximum absolute atomic E-state index is 14.7. The Balaban J connectivity index is 5.90. The number of phosphoric acid groups is 1. The van der Waals surface area contributed by atoms with Gasteiger partial charge in [0.15, 0.2) is 12.2 Å². The van der Waals surface area contributed by atoms with Gasteiger partial charge in [-0.25, -0.2) is 4.57 Å². The first-order valence-electron chi connectivity index (χ1n) is 38.9. The van der Waals surface area contributed by atoms with Crippen molar-refractivity contribution in [3.8, 4) is 0 Å². The topological polar surface area (TPSA) is 150 Å². The molecule has 0 saturated heterocycles. The predicted molar refractivity (Wildman–Crippen MR) is 389 cm³/mol. The molecule has 0 aromatic carbocycles. The zero-order valence-corrected chi connectivity index (χ0v) is 62.5. The van der Waals surface area contributed by atoms with Crippen LogP contribution in [0.25, 0.3) is 0 Å². The third kappa shape index (κ3) is 68.6. The number of unbranched alkanes of at least 4 members (excludes halogenated alkanes) is 40. The Bertz CT molecular complexity index is 1740. The second-order valence-corrected chi connectivity index (χ2v) is 29.1. The van der Waals surface area contributed by atoms with E-state index in [4.69, 9.17) is 32.5 Å². The average Bonchev–Trinajstić information content (AvgIpc) is 1.65. The monoisotopic (exact) mass is 1330 g/mol. The van der Waals surface area contributed by atoms with Gasteiger partial charge < -0.3 is 23.4 Å². The fourth-order valence-corrected chi connectivity index (χ4v) is 12.1. The van der Waals surface area contributed by atoms with Crippen LogP contribution in [0, 0.1) is 0 Å². The summed E-state index contributed by atoms with van der Waals surface area (Å²) < 4.78 is 56.4. The van der Waals surface area contributed by atoms with Gasteiger partial charge in [-0.3, -0.25) is 32.7 Å². The molecule has 0 aromatic heterocycles. The molecule has 0 spiro atoms. The molecule has 13 nitrogen and oxygen atoms in total. The van der Waals surface area contributed by atoms with Crippen LogP contribution in [0.5, 0.6) is 0 Å². The van der Waals surface area contributed by atoms with Crippen LogP contribution in [-0.2, 0) is 56.3 Å². The third-order valence-electron chi connectivity index (χ3n) is 16.9. The molecule has 0 saturated carbocycles. The Labute approximate surface area is 572 Å². The van der Waals surface area contributed by atoms with Crippen LogP contribution >= 0.6 is 7.82 Å². The van der Waals surface area contributed by atoms with Gasteiger partial charge in [0.05, 0.1) is 34.4 Å². The van der Waals surface area contributed by atoms with E-state index < -0.39 is 57.1 Å². The van der Waals surface area contributed by atoms with Crippen LogP contribution in [0.1, 0.15) is 362 Å². The van der Waals surface area contributed by atoms with Crippen LogP contribution in [-0.4, -0.2) is 101 Å². The van der Waals surface area contributed by atoms with Gasteiger partial charge in [-0.1, -0.05) is 295 Å². The van der Waals surface area contributed by atoms with Crippen LogP contribution < -0.4 is 0 Å². The van der Waals surface area contributed by atoms with Crippen molar-refractivity contribution in [2.45, 2.75) is 374 Å². The highest BCUT2D eigenvalue weighted by atomic mass is 31.2. The fourth-order valence-electron chi connectivity index (χ4n) is 10.9. The van der Waals surface area contributed by atoms with E-state index in [9.17, 15) is 23.7 Å². The highest BCUT2D eigenvalue weighted by molar-refractivity contribution is 7.48. The Morgan fingerprint density at radius 2 is 0.559 bits per heavy atom. The molecule has 0 aliphatic rings. The van der Waals surface area contributed by atoms with Crippen LogP contribution in [0.3, 0.4) is 0 Å². The molecule has 0 rings (SSSR count). The average molecular weight is 1330 g/mol. The molecule has 0 heterocycles. The van der Waals surface area contributed by atoms with E-state index in [0.717, 1.165) is 128 Å². The van der Waals surface area contributed by atoms with Crippen LogP contribution in [0.15, 0.2) is 48.6 Å². The van der Waals surface area contributed by atoms with E-state index in [1.807, 2.05) is 21.1 Å². The molecule has 14 heteroatoms.